The van der Waals surface area contributed by atoms with Crippen molar-refractivity contribution in [1.29, 1.82) is 5.26 Å². The van der Waals surface area contributed by atoms with Gasteiger partial charge in [-0.05, 0) is 36.4 Å². The Morgan fingerprint density at radius 3 is 2.65 bits per heavy atom. The second kappa shape index (κ2) is 8.22. The lowest BCUT2D eigenvalue weighted by atomic mass is 10.1. The van der Waals surface area contributed by atoms with E-state index in [4.69, 9.17) is 4.42 Å². The molecule has 7 nitrogen and oxygen atoms in total. The SMILES string of the molecule is N#C/C(=C(/O)c1ccc(-c2cccc([N+](=O)[O-])c2)o1)c1nc(-c2ccc(F)cc2)cs1. The van der Waals surface area contributed by atoms with Crippen molar-refractivity contribution >= 4 is 28.4 Å². The molecule has 2 heterocycles. The van der Waals surface area contributed by atoms with Crippen molar-refractivity contribution in [2.45, 2.75) is 0 Å². The van der Waals surface area contributed by atoms with E-state index in [0.29, 0.717) is 22.6 Å². The van der Waals surface area contributed by atoms with Crippen LogP contribution in [0.5, 0.6) is 0 Å². The first-order valence-corrected chi connectivity index (χ1v) is 9.74. The Hall–Kier alpha value is -4.29. The summed E-state index contributed by atoms with van der Waals surface area (Å²) in [6, 6.07) is 16.6. The van der Waals surface area contributed by atoms with Gasteiger partial charge in [-0.1, -0.05) is 12.1 Å². The Bertz CT molecular complexity index is 1350. The summed E-state index contributed by atoms with van der Waals surface area (Å²) in [5.74, 6) is -0.448. The van der Waals surface area contributed by atoms with Crippen LogP contribution in [-0.2, 0) is 0 Å². The highest BCUT2D eigenvalue weighted by molar-refractivity contribution is 7.11. The fraction of sp³-hybridized carbons (Fsp3) is 0. The van der Waals surface area contributed by atoms with Crippen molar-refractivity contribution in [1.82, 2.24) is 4.98 Å². The van der Waals surface area contributed by atoms with Crippen LogP contribution in [0.4, 0.5) is 10.1 Å². The van der Waals surface area contributed by atoms with Crippen molar-refractivity contribution in [3.8, 4) is 28.7 Å². The summed E-state index contributed by atoms with van der Waals surface area (Å²) < 4.78 is 18.8. The Morgan fingerprint density at radius 1 is 1.16 bits per heavy atom. The molecule has 2 aromatic heterocycles. The normalized spacial score (nSPS) is 11.6. The highest BCUT2D eigenvalue weighted by Crippen LogP contribution is 2.33. The predicted octanol–water partition coefficient (Wildman–Crippen LogP) is 6.07. The number of nitriles is 1. The van der Waals surface area contributed by atoms with Crippen LogP contribution in [-0.4, -0.2) is 15.0 Å². The fourth-order valence-electron chi connectivity index (χ4n) is 2.86. The van der Waals surface area contributed by atoms with Crippen molar-refractivity contribution < 1.29 is 18.8 Å². The molecule has 31 heavy (non-hydrogen) atoms. The molecule has 0 atom stereocenters. The lowest BCUT2D eigenvalue weighted by Crippen LogP contribution is -1.89. The summed E-state index contributed by atoms with van der Waals surface area (Å²) in [5, 5.41) is 33.1. The van der Waals surface area contributed by atoms with Gasteiger partial charge < -0.3 is 9.52 Å². The zero-order valence-electron chi connectivity index (χ0n) is 15.7. The highest BCUT2D eigenvalue weighted by atomic mass is 32.1. The standard InChI is InChI=1S/C22H12FN3O4S/c23-15-6-4-13(5-7-15)18-12-31-22(25-18)17(11-24)21(27)20-9-8-19(30-20)14-2-1-3-16(10-14)26(28)29/h1-10,12,27H/b21-17-. The van der Waals surface area contributed by atoms with E-state index >= 15 is 0 Å². The van der Waals surface area contributed by atoms with E-state index in [1.54, 1.807) is 29.6 Å². The number of nitro benzene ring substituents is 1. The number of furan rings is 1. The second-order valence-corrected chi connectivity index (χ2v) is 7.21. The number of aromatic nitrogens is 1. The van der Waals surface area contributed by atoms with Crippen molar-refractivity contribution in [2.24, 2.45) is 0 Å². The molecule has 0 bridgehead atoms. The minimum Gasteiger partial charge on any atom is -0.503 e. The summed E-state index contributed by atoms with van der Waals surface area (Å²) in [5.41, 5.74) is 1.49. The Morgan fingerprint density at radius 2 is 1.94 bits per heavy atom. The molecule has 4 rings (SSSR count). The van der Waals surface area contributed by atoms with Gasteiger partial charge in [-0.3, -0.25) is 10.1 Å². The lowest BCUT2D eigenvalue weighted by molar-refractivity contribution is -0.384. The van der Waals surface area contributed by atoms with E-state index in [2.05, 4.69) is 4.98 Å². The van der Waals surface area contributed by atoms with E-state index in [1.165, 1.54) is 36.4 Å². The zero-order valence-corrected chi connectivity index (χ0v) is 16.5. The van der Waals surface area contributed by atoms with Crippen LogP contribution in [0.2, 0.25) is 0 Å². The van der Waals surface area contributed by atoms with Gasteiger partial charge >= 0.3 is 0 Å². The van der Waals surface area contributed by atoms with Gasteiger partial charge in [-0.15, -0.1) is 11.3 Å². The molecule has 0 saturated carbocycles. The van der Waals surface area contributed by atoms with Gasteiger partial charge in [-0.25, -0.2) is 9.37 Å². The number of benzene rings is 2. The number of thiazole rings is 1. The molecule has 2 aromatic carbocycles. The molecule has 0 saturated heterocycles. The topological polar surface area (TPSA) is 113 Å². The number of aliphatic hydroxyl groups is 1. The molecule has 0 fully saturated rings. The maximum absolute atomic E-state index is 13.1. The van der Waals surface area contributed by atoms with Crippen LogP contribution in [0.1, 0.15) is 10.8 Å². The first-order valence-electron chi connectivity index (χ1n) is 8.86. The van der Waals surface area contributed by atoms with Crippen LogP contribution in [0.25, 0.3) is 33.9 Å². The van der Waals surface area contributed by atoms with Crippen molar-refractivity contribution in [3.05, 3.63) is 92.7 Å². The average molecular weight is 433 g/mol. The Balaban J connectivity index is 1.67. The molecule has 0 radical (unpaired) electrons. The zero-order chi connectivity index (χ0) is 22.0. The van der Waals surface area contributed by atoms with Gasteiger partial charge in [0.15, 0.2) is 11.5 Å². The second-order valence-electron chi connectivity index (χ2n) is 6.35. The van der Waals surface area contributed by atoms with Gasteiger partial charge in [-0.2, -0.15) is 5.26 Å². The number of nitro groups is 1. The van der Waals surface area contributed by atoms with Gasteiger partial charge in [0.05, 0.1) is 10.6 Å². The molecule has 9 heteroatoms. The fourth-order valence-corrected chi connectivity index (χ4v) is 3.68. The van der Waals surface area contributed by atoms with Crippen LogP contribution >= 0.6 is 11.3 Å². The minimum atomic E-state index is -0.514. The number of non-ortho nitro benzene ring substituents is 1. The quantitative estimate of drug-likeness (QED) is 0.177. The number of nitrogens with zero attached hydrogens (tertiary/aromatic N) is 3. The maximum Gasteiger partial charge on any atom is 0.270 e. The third-order valence-electron chi connectivity index (χ3n) is 4.39. The van der Waals surface area contributed by atoms with E-state index in [0.717, 1.165) is 11.3 Å². The molecular weight excluding hydrogens is 421 g/mol. The smallest absolute Gasteiger partial charge is 0.270 e. The van der Waals surface area contributed by atoms with Crippen LogP contribution < -0.4 is 0 Å². The summed E-state index contributed by atoms with van der Waals surface area (Å²) in [6.07, 6.45) is 0. The molecule has 0 aliphatic rings. The van der Waals surface area contributed by atoms with Crippen LogP contribution in [0, 0.1) is 27.3 Å². The Labute approximate surface area is 179 Å². The van der Waals surface area contributed by atoms with E-state index in [1.807, 2.05) is 6.07 Å². The third kappa shape index (κ3) is 4.05. The molecule has 0 amide bonds. The summed E-state index contributed by atoms with van der Waals surface area (Å²) in [6.45, 7) is 0. The first kappa shape index (κ1) is 20.0. The van der Waals surface area contributed by atoms with Gasteiger partial charge in [0.25, 0.3) is 5.69 Å². The molecule has 0 aliphatic carbocycles. The van der Waals surface area contributed by atoms with Crippen molar-refractivity contribution in [2.75, 3.05) is 0 Å². The molecular formula is C22H12FN3O4S. The van der Waals surface area contributed by atoms with Crippen LogP contribution in [0.15, 0.2) is 70.5 Å². The maximum atomic E-state index is 13.1. The van der Waals surface area contributed by atoms with E-state index < -0.39 is 10.7 Å². The number of hydrogen-bond acceptors (Lipinski definition) is 7. The summed E-state index contributed by atoms with van der Waals surface area (Å²) in [4.78, 5) is 14.8. The van der Waals surface area contributed by atoms with E-state index in [-0.39, 0.29) is 27.8 Å². The Kier molecular flexibility index (Phi) is 5.30. The molecule has 4 aromatic rings. The van der Waals surface area contributed by atoms with E-state index in [9.17, 15) is 24.9 Å². The average Bonchev–Trinajstić information content (AvgIpc) is 3.45. The highest BCUT2D eigenvalue weighted by Gasteiger charge is 2.19. The molecule has 1 N–H and O–H groups in total. The number of hydrogen-bond donors (Lipinski definition) is 1. The predicted molar refractivity (Wildman–Crippen MR) is 113 cm³/mol. The molecule has 152 valence electrons. The lowest BCUT2D eigenvalue weighted by Gasteiger charge is -2.00. The molecule has 0 spiro atoms. The first-order chi connectivity index (χ1) is 15.0. The number of rotatable bonds is 5. The molecule has 0 unspecified atom stereocenters. The largest absolute Gasteiger partial charge is 0.503 e. The summed E-state index contributed by atoms with van der Waals surface area (Å²) >= 11 is 1.15. The van der Waals surface area contributed by atoms with Crippen molar-refractivity contribution in [3.63, 3.8) is 0 Å². The molecule has 0 aliphatic heterocycles. The van der Waals surface area contributed by atoms with Gasteiger partial charge in [0.1, 0.15) is 28.2 Å². The third-order valence-corrected chi connectivity index (χ3v) is 5.25. The summed E-state index contributed by atoms with van der Waals surface area (Å²) in [7, 11) is 0. The number of allylic oxidation sites excluding steroid dienone is 1. The van der Waals surface area contributed by atoms with Gasteiger partial charge in [0.2, 0.25) is 0 Å². The number of halogens is 1. The monoisotopic (exact) mass is 433 g/mol. The van der Waals surface area contributed by atoms with Gasteiger partial charge in [0, 0.05) is 28.6 Å². The number of aliphatic hydroxyl groups excluding tert-OH is 1. The minimum absolute atomic E-state index is 0.0246. The van der Waals surface area contributed by atoms with Crippen LogP contribution in [0.3, 0.4) is 0 Å².